The molecule has 3 rings (SSSR count). The lowest BCUT2D eigenvalue weighted by Crippen LogP contribution is -2.36. The third-order valence-electron chi connectivity index (χ3n) is 5.43. The molecule has 152 valence electrons. The molecule has 3 atom stereocenters. The van der Waals surface area contributed by atoms with Crippen molar-refractivity contribution in [1.29, 1.82) is 0 Å². The molecule has 1 saturated carbocycles. The van der Waals surface area contributed by atoms with Crippen molar-refractivity contribution >= 4 is 17.7 Å². The molecule has 0 radical (unpaired) electrons. The molecule has 0 amide bonds. The predicted octanol–water partition coefficient (Wildman–Crippen LogP) is 5.45. The molecular formula is C22H30N2O3S. The summed E-state index contributed by atoms with van der Waals surface area (Å²) in [5.74, 6) is 2.03. The highest BCUT2D eigenvalue weighted by Gasteiger charge is 2.33. The Hall–Kier alpha value is -1.82. The second-order valence-corrected chi connectivity index (χ2v) is 9.32. The number of carbonyl (C=O) groups excluding carboxylic acids is 1. The van der Waals surface area contributed by atoms with Gasteiger partial charge in [0.25, 0.3) is 5.22 Å². The fourth-order valence-electron chi connectivity index (χ4n) is 4.06. The Balaban J connectivity index is 1.57. The first-order valence-corrected chi connectivity index (χ1v) is 11.0. The van der Waals surface area contributed by atoms with Gasteiger partial charge in [-0.1, -0.05) is 56.1 Å². The number of rotatable bonds is 6. The van der Waals surface area contributed by atoms with Gasteiger partial charge in [-0.05, 0) is 56.6 Å². The van der Waals surface area contributed by atoms with E-state index in [9.17, 15) is 4.79 Å². The fourth-order valence-corrected chi connectivity index (χ4v) is 4.60. The number of carbonyl (C=O) groups is 1. The molecule has 1 aromatic carbocycles. The van der Waals surface area contributed by atoms with Crippen molar-refractivity contribution < 1.29 is 13.9 Å². The Kier molecular flexibility index (Phi) is 6.81. The summed E-state index contributed by atoms with van der Waals surface area (Å²) in [5, 5.41) is 8.57. The molecule has 1 heterocycles. The van der Waals surface area contributed by atoms with Crippen molar-refractivity contribution in [3.05, 3.63) is 29.3 Å². The minimum absolute atomic E-state index is 0.0189. The van der Waals surface area contributed by atoms with Gasteiger partial charge in [0.15, 0.2) is 0 Å². The molecule has 5 nitrogen and oxygen atoms in total. The van der Waals surface area contributed by atoms with Crippen LogP contribution in [0.3, 0.4) is 0 Å². The summed E-state index contributed by atoms with van der Waals surface area (Å²) in [4.78, 5) is 12.4. The van der Waals surface area contributed by atoms with Crippen LogP contribution in [0.4, 0.5) is 0 Å². The SMILES string of the molecule is Cc1cc(C)cc(-c2nnc(SCC(=O)O[C@@H]3C[C@@H](C)CC[C@@H]3C(C)C)o2)c1. The molecule has 6 heteroatoms. The van der Waals surface area contributed by atoms with Gasteiger partial charge in [0.1, 0.15) is 11.9 Å². The molecule has 1 aliphatic carbocycles. The molecule has 2 aromatic rings. The Morgan fingerprint density at radius 2 is 1.93 bits per heavy atom. The van der Waals surface area contributed by atoms with Gasteiger partial charge in [0.2, 0.25) is 5.89 Å². The third kappa shape index (κ3) is 5.37. The average molecular weight is 403 g/mol. The average Bonchev–Trinajstić information content (AvgIpc) is 3.08. The predicted molar refractivity (Wildman–Crippen MR) is 111 cm³/mol. The van der Waals surface area contributed by atoms with E-state index >= 15 is 0 Å². The first kappa shape index (κ1) is 20.9. The molecule has 0 bridgehead atoms. The summed E-state index contributed by atoms with van der Waals surface area (Å²) >= 11 is 1.24. The highest BCUT2D eigenvalue weighted by Crippen LogP contribution is 2.35. The van der Waals surface area contributed by atoms with Crippen molar-refractivity contribution in [3.8, 4) is 11.5 Å². The third-order valence-corrected chi connectivity index (χ3v) is 6.22. The van der Waals surface area contributed by atoms with Crippen molar-refractivity contribution in [3.63, 3.8) is 0 Å². The van der Waals surface area contributed by atoms with Crippen LogP contribution in [0, 0.1) is 31.6 Å². The Morgan fingerprint density at radius 3 is 2.61 bits per heavy atom. The van der Waals surface area contributed by atoms with E-state index in [1.54, 1.807) is 0 Å². The van der Waals surface area contributed by atoms with Crippen molar-refractivity contribution in [2.45, 2.75) is 65.2 Å². The normalized spacial score (nSPS) is 22.4. The summed E-state index contributed by atoms with van der Waals surface area (Å²) in [6, 6.07) is 6.13. The lowest BCUT2D eigenvalue weighted by molar-refractivity contribution is -0.152. The van der Waals surface area contributed by atoms with Crippen LogP contribution in [0.25, 0.3) is 11.5 Å². The van der Waals surface area contributed by atoms with Crippen molar-refractivity contribution in [1.82, 2.24) is 10.2 Å². The van der Waals surface area contributed by atoms with Crippen LogP contribution in [-0.4, -0.2) is 28.0 Å². The summed E-state index contributed by atoms with van der Waals surface area (Å²) < 4.78 is 11.6. The summed E-state index contributed by atoms with van der Waals surface area (Å²) in [6.45, 7) is 10.7. The monoisotopic (exact) mass is 402 g/mol. The maximum Gasteiger partial charge on any atom is 0.316 e. The molecule has 0 spiro atoms. The zero-order valence-corrected chi connectivity index (χ0v) is 18.2. The van der Waals surface area contributed by atoms with E-state index in [2.05, 4.69) is 37.0 Å². The molecule has 1 aromatic heterocycles. The molecule has 0 aliphatic heterocycles. The molecule has 0 N–H and O–H groups in total. The number of thioether (sulfide) groups is 1. The molecule has 0 unspecified atom stereocenters. The van der Waals surface area contributed by atoms with Crippen molar-refractivity contribution in [2.75, 3.05) is 5.75 Å². The van der Waals surface area contributed by atoms with Gasteiger partial charge < -0.3 is 9.15 Å². The van der Waals surface area contributed by atoms with E-state index in [0.717, 1.165) is 29.5 Å². The van der Waals surface area contributed by atoms with E-state index < -0.39 is 0 Å². The van der Waals surface area contributed by atoms with E-state index in [1.165, 1.54) is 18.2 Å². The largest absolute Gasteiger partial charge is 0.461 e. The summed E-state index contributed by atoms with van der Waals surface area (Å²) in [5.41, 5.74) is 3.19. The lowest BCUT2D eigenvalue weighted by Gasteiger charge is -2.36. The number of nitrogens with zero attached hydrogens (tertiary/aromatic N) is 2. The van der Waals surface area contributed by atoms with E-state index in [1.807, 2.05) is 26.0 Å². The van der Waals surface area contributed by atoms with Crippen LogP contribution in [-0.2, 0) is 9.53 Å². The van der Waals surface area contributed by atoms with Gasteiger partial charge in [-0.25, -0.2) is 0 Å². The standard InChI is InChI=1S/C22H30N2O3S/c1-13(2)18-7-6-14(3)11-19(18)26-20(25)12-28-22-24-23-21(27-22)17-9-15(4)8-16(5)10-17/h8-10,13-14,18-19H,6-7,11-12H2,1-5H3/t14-,18+,19+/m0/s1. The number of esters is 1. The smallest absolute Gasteiger partial charge is 0.316 e. The van der Waals surface area contributed by atoms with Gasteiger partial charge in [0.05, 0.1) is 0 Å². The Bertz CT molecular complexity index is 798. The van der Waals surface area contributed by atoms with E-state index in [-0.39, 0.29) is 17.8 Å². The minimum Gasteiger partial charge on any atom is -0.461 e. The van der Waals surface area contributed by atoms with Crippen LogP contribution in [0.1, 0.15) is 51.2 Å². The number of hydrogen-bond donors (Lipinski definition) is 0. The van der Waals surface area contributed by atoms with E-state index in [4.69, 9.17) is 9.15 Å². The van der Waals surface area contributed by atoms with Gasteiger partial charge in [-0.15, -0.1) is 10.2 Å². The molecular weight excluding hydrogens is 372 g/mol. The maximum absolute atomic E-state index is 12.4. The van der Waals surface area contributed by atoms with Crippen LogP contribution in [0.2, 0.25) is 0 Å². The van der Waals surface area contributed by atoms with E-state index in [0.29, 0.717) is 28.9 Å². The van der Waals surface area contributed by atoms with Gasteiger partial charge in [0, 0.05) is 5.56 Å². The highest BCUT2D eigenvalue weighted by atomic mass is 32.2. The van der Waals surface area contributed by atoms with Gasteiger partial charge >= 0.3 is 5.97 Å². The zero-order chi connectivity index (χ0) is 20.3. The second-order valence-electron chi connectivity index (χ2n) is 8.39. The minimum atomic E-state index is -0.207. The topological polar surface area (TPSA) is 65.2 Å². The van der Waals surface area contributed by atoms with Crippen molar-refractivity contribution in [2.24, 2.45) is 17.8 Å². The number of ether oxygens (including phenoxy) is 1. The maximum atomic E-state index is 12.4. The highest BCUT2D eigenvalue weighted by molar-refractivity contribution is 7.99. The molecule has 0 saturated heterocycles. The lowest BCUT2D eigenvalue weighted by atomic mass is 9.75. The second kappa shape index (κ2) is 9.12. The van der Waals surface area contributed by atoms with Gasteiger partial charge in [-0.3, -0.25) is 4.79 Å². The number of aromatic nitrogens is 2. The number of hydrogen-bond acceptors (Lipinski definition) is 6. The molecule has 28 heavy (non-hydrogen) atoms. The Labute approximate surface area is 171 Å². The zero-order valence-electron chi connectivity index (χ0n) is 17.4. The van der Waals surface area contributed by atoms with Crippen LogP contribution in [0.5, 0.6) is 0 Å². The number of aryl methyl sites for hydroxylation is 2. The molecule has 1 fully saturated rings. The Morgan fingerprint density at radius 1 is 1.21 bits per heavy atom. The summed E-state index contributed by atoms with van der Waals surface area (Å²) in [7, 11) is 0. The summed E-state index contributed by atoms with van der Waals surface area (Å²) in [6.07, 6.45) is 3.32. The van der Waals surface area contributed by atoms with Crippen LogP contribution >= 0.6 is 11.8 Å². The number of benzene rings is 1. The first-order chi connectivity index (χ1) is 13.3. The fraction of sp³-hybridized carbons (Fsp3) is 0.591. The van der Waals surface area contributed by atoms with Crippen LogP contribution < -0.4 is 0 Å². The van der Waals surface area contributed by atoms with Crippen LogP contribution in [0.15, 0.2) is 27.8 Å². The quantitative estimate of drug-likeness (QED) is 0.473. The van der Waals surface area contributed by atoms with Gasteiger partial charge in [-0.2, -0.15) is 0 Å². The first-order valence-electron chi connectivity index (χ1n) is 10.1. The molecule has 1 aliphatic rings.